The lowest BCUT2D eigenvalue weighted by atomic mass is 10.1. The first-order valence-corrected chi connectivity index (χ1v) is 7.03. The van der Waals surface area contributed by atoms with Crippen LogP contribution in [-0.4, -0.2) is 29.0 Å². The van der Waals surface area contributed by atoms with Gasteiger partial charge in [-0.2, -0.15) is 0 Å². The van der Waals surface area contributed by atoms with Crippen LogP contribution < -0.4 is 10.2 Å². The van der Waals surface area contributed by atoms with Gasteiger partial charge in [-0.1, -0.05) is 25.3 Å². The van der Waals surface area contributed by atoms with Gasteiger partial charge in [-0.25, -0.2) is 14.5 Å². The van der Waals surface area contributed by atoms with Crippen LogP contribution in [0.15, 0.2) is 48.6 Å². The molecule has 0 aliphatic carbocycles. The SMILES string of the molecule is C=C(C)C(=O)N[C@@H](Cc1ccc(OOC(=O)C(=C)C)cc1)C(=O)O. The summed E-state index contributed by atoms with van der Waals surface area (Å²) in [5.41, 5.74) is 1.08. The van der Waals surface area contributed by atoms with E-state index in [9.17, 15) is 19.5 Å². The molecule has 0 aromatic heterocycles. The molecule has 1 aromatic carbocycles. The summed E-state index contributed by atoms with van der Waals surface area (Å²) in [4.78, 5) is 43.3. The average Bonchev–Trinajstić information content (AvgIpc) is 2.52. The van der Waals surface area contributed by atoms with Gasteiger partial charge in [-0.05, 0) is 31.5 Å². The van der Waals surface area contributed by atoms with Gasteiger partial charge in [0, 0.05) is 17.6 Å². The molecule has 0 heterocycles. The minimum Gasteiger partial charge on any atom is -0.480 e. The number of hydrogen-bond donors (Lipinski definition) is 2. The topological polar surface area (TPSA) is 102 Å². The summed E-state index contributed by atoms with van der Waals surface area (Å²) >= 11 is 0. The monoisotopic (exact) mass is 333 g/mol. The Kier molecular flexibility index (Phi) is 6.73. The second-order valence-electron chi connectivity index (χ2n) is 5.23. The zero-order valence-electron chi connectivity index (χ0n) is 13.5. The third kappa shape index (κ3) is 5.96. The van der Waals surface area contributed by atoms with Crippen molar-refractivity contribution in [2.24, 2.45) is 0 Å². The van der Waals surface area contributed by atoms with Crippen molar-refractivity contribution >= 4 is 17.8 Å². The zero-order valence-corrected chi connectivity index (χ0v) is 13.5. The minimum atomic E-state index is -1.15. The maximum absolute atomic E-state index is 11.6. The van der Waals surface area contributed by atoms with Gasteiger partial charge in [-0.3, -0.25) is 9.68 Å². The number of rotatable bonds is 8. The summed E-state index contributed by atoms with van der Waals surface area (Å²) in [5.74, 6) is -2.09. The third-order valence-corrected chi connectivity index (χ3v) is 2.92. The Morgan fingerprint density at radius 2 is 1.71 bits per heavy atom. The normalized spacial score (nSPS) is 11.1. The molecular weight excluding hydrogens is 314 g/mol. The highest BCUT2D eigenvalue weighted by Crippen LogP contribution is 2.14. The molecule has 7 heteroatoms. The smallest absolute Gasteiger partial charge is 0.381 e. The molecule has 0 bridgehead atoms. The number of carbonyl (C=O) groups excluding carboxylic acids is 2. The molecule has 0 aliphatic heterocycles. The quantitative estimate of drug-likeness (QED) is 0.427. The van der Waals surface area contributed by atoms with Crippen molar-refractivity contribution in [3.63, 3.8) is 0 Å². The van der Waals surface area contributed by atoms with E-state index < -0.39 is 23.9 Å². The Balaban J connectivity index is 2.68. The second-order valence-corrected chi connectivity index (χ2v) is 5.23. The molecule has 7 nitrogen and oxygen atoms in total. The largest absolute Gasteiger partial charge is 0.480 e. The van der Waals surface area contributed by atoms with Crippen molar-refractivity contribution in [1.29, 1.82) is 0 Å². The molecule has 128 valence electrons. The van der Waals surface area contributed by atoms with Crippen LogP contribution in [0.1, 0.15) is 19.4 Å². The summed E-state index contributed by atoms with van der Waals surface area (Å²) in [6, 6.07) is 5.16. The summed E-state index contributed by atoms with van der Waals surface area (Å²) in [5, 5.41) is 11.6. The van der Waals surface area contributed by atoms with E-state index >= 15 is 0 Å². The molecule has 1 atom stereocenters. The molecule has 0 radical (unpaired) electrons. The molecular formula is C17H19NO6. The predicted octanol–water partition coefficient (Wildman–Crippen LogP) is 1.79. The maximum Gasteiger partial charge on any atom is 0.381 e. The number of carboxylic acid groups (broad SMARTS) is 1. The third-order valence-electron chi connectivity index (χ3n) is 2.92. The van der Waals surface area contributed by atoms with Gasteiger partial charge >= 0.3 is 11.9 Å². The summed E-state index contributed by atoms with van der Waals surface area (Å²) in [6.07, 6.45) is 0.0835. The van der Waals surface area contributed by atoms with Crippen molar-refractivity contribution in [3.05, 3.63) is 54.1 Å². The summed E-state index contributed by atoms with van der Waals surface area (Å²) in [7, 11) is 0. The van der Waals surface area contributed by atoms with Gasteiger partial charge < -0.3 is 10.4 Å². The van der Waals surface area contributed by atoms with E-state index in [1.54, 1.807) is 12.1 Å². The first-order chi connectivity index (χ1) is 11.2. The Labute approximate surface area is 139 Å². The van der Waals surface area contributed by atoms with Crippen LogP contribution in [0, 0.1) is 0 Å². The van der Waals surface area contributed by atoms with Crippen LogP contribution in [0.5, 0.6) is 5.75 Å². The average molecular weight is 333 g/mol. The first-order valence-electron chi connectivity index (χ1n) is 7.03. The lowest BCUT2D eigenvalue weighted by Crippen LogP contribution is -2.42. The number of nitrogens with one attached hydrogen (secondary N) is 1. The van der Waals surface area contributed by atoms with Gasteiger partial charge in [0.1, 0.15) is 6.04 Å². The Hall–Kier alpha value is -3.09. The van der Waals surface area contributed by atoms with Crippen molar-refractivity contribution in [2.45, 2.75) is 26.3 Å². The van der Waals surface area contributed by atoms with Crippen molar-refractivity contribution in [1.82, 2.24) is 5.32 Å². The molecule has 1 rings (SSSR count). The van der Waals surface area contributed by atoms with E-state index in [0.717, 1.165) is 0 Å². The highest BCUT2D eigenvalue weighted by atomic mass is 17.2. The van der Waals surface area contributed by atoms with Crippen LogP contribution in [0.25, 0.3) is 0 Å². The maximum atomic E-state index is 11.6. The van der Waals surface area contributed by atoms with Crippen LogP contribution in [-0.2, 0) is 25.7 Å². The molecule has 0 saturated heterocycles. The minimum absolute atomic E-state index is 0.0835. The van der Waals surface area contributed by atoms with Gasteiger partial charge in [0.25, 0.3) is 0 Å². The van der Waals surface area contributed by atoms with Crippen LogP contribution in [0.3, 0.4) is 0 Å². The molecule has 0 spiro atoms. The number of benzene rings is 1. The highest BCUT2D eigenvalue weighted by Gasteiger charge is 2.20. The molecule has 1 aromatic rings. The second kappa shape index (κ2) is 8.52. The number of carbonyl (C=O) groups is 3. The van der Waals surface area contributed by atoms with Crippen LogP contribution >= 0.6 is 0 Å². The highest BCUT2D eigenvalue weighted by molar-refractivity contribution is 5.94. The van der Waals surface area contributed by atoms with Gasteiger partial charge in [0.2, 0.25) is 5.91 Å². The standard InChI is InChI=1S/C17H19NO6/c1-10(2)15(19)18-14(16(20)21)9-12-5-7-13(8-6-12)23-24-17(22)11(3)4/h5-8,14H,1,3,9H2,2,4H3,(H,18,19)(H,20,21)/t14-/m0/s1. The lowest BCUT2D eigenvalue weighted by Gasteiger charge is -2.14. The lowest BCUT2D eigenvalue weighted by molar-refractivity contribution is -0.208. The molecule has 24 heavy (non-hydrogen) atoms. The van der Waals surface area contributed by atoms with Crippen molar-refractivity contribution in [2.75, 3.05) is 0 Å². The Morgan fingerprint density at radius 1 is 1.12 bits per heavy atom. The van der Waals surface area contributed by atoms with Gasteiger partial charge in [0.15, 0.2) is 5.75 Å². The van der Waals surface area contributed by atoms with E-state index in [0.29, 0.717) is 5.56 Å². The van der Waals surface area contributed by atoms with Crippen molar-refractivity contribution in [3.8, 4) is 5.75 Å². The van der Waals surface area contributed by atoms with E-state index in [1.165, 1.54) is 26.0 Å². The molecule has 1 amide bonds. The number of carboxylic acids is 1. The fraction of sp³-hybridized carbons (Fsp3) is 0.235. The molecule has 0 fully saturated rings. The Bertz CT molecular complexity index is 662. The van der Waals surface area contributed by atoms with Crippen molar-refractivity contribution < 1.29 is 29.3 Å². The van der Waals surface area contributed by atoms with Crippen LogP contribution in [0.4, 0.5) is 0 Å². The number of hydrogen-bond acceptors (Lipinski definition) is 5. The van der Waals surface area contributed by atoms with E-state index in [1.807, 2.05) is 0 Å². The Morgan fingerprint density at radius 3 is 2.17 bits per heavy atom. The van der Waals surface area contributed by atoms with Gasteiger partial charge in [0.05, 0.1) is 0 Å². The molecule has 2 N–H and O–H groups in total. The van der Waals surface area contributed by atoms with E-state index in [2.05, 4.69) is 23.4 Å². The zero-order chi connectivity index (χ0) is 18.3. The fourth-order valence-corrected chi connectivity index (χ4v) is 1.56. The van der Waals surface area contributed by atoms with E-state index in [4.69, 9.17) is 4.89 Å². The molecule has 0 unspecified atom stereocenters. The number of amides is 1. The summed E-state index contributed by atoms with van der Waals surface area (Å²) < 4.78 is 0. The van der Waals surface area contributed by atoms with Gasteiger partial charge in [-0.15, -0.1) is 0 Å². The molecule has 0 saturated carbocycles. The number of aliphatic carboxylic acids is 1. The first kappa shape index (κ1) is 19.0. The fourth-order valence-electron chi connectivity index (χ4n) is 1.56. The van der Waals surface area contributed by atoms with Crippen LogP contribution in [0.2, 0.25) is 0 Å². The van der Waals surface area contributed by atoms with E-state index in [-0.39, 0.29) is 23.3 Å². The predicted molar refractivity (Wildman–Crippen MR) is 86.1 cm³/mol. The molecule has 0 aliphatic rings. The summed E-state index contributed by atoms with van der Waals surface area (Å²) in [6.45, 7) is 9.86.